The van der Waals surface area contributed by atoms with E-state index in [1.54, 1.807) is 19.1 Å². The number of ether oxygens (including phenoxy) is 2. The number of esters is 1. The van der Waals surface area contributed by atoms with E-state index < -0.39 is 12.1 Å². The average Bonchev–Trinajstić information content (AvgIpc) is 2.28. The molecule has 4 nitrogen and oxygen atoms in total. The molecule has 0 radical (unpaired) electrons. The molecule has 90 valence electrons. The van der Waals surface area contributed by atoms with Crippen molar-refractivity contribution in [2.24, 2.45) is 0 Å². The third-order valence-electron chi connectivity index (χ3n) is 2.63. The zero-order valence-corrected chi connectivity index (χ0v) is 9.86. The van der Waals surface area contributed by atoms with Gasteiger partial charge in [-0.3, -0.25) is 4.79 Å². The zero-order valence-electron chi connectivity index (χ0n) is 9.86. The molecule has 1 aromatic rings. The van der Waals surface area contributed by atoms with Gasteiger partial charge >= 0.3 is 5.97 Å². The van der Waals surface area contributed by atoms with E-state index in [1.165, 1.54) is 0 Å². The van der Waals surface area contributed by atoms with Crippen LogP contribution in [-0.2, 0) is 9.53 Å². The van der Waals surface area contributed by atoms with Gasteiger partial charge in [-0.25, -0.2) is 4.79 Å². The van der Waals surface area contributed by atoms with Crippen LogP contribution in [0.3, 0.4) is 0 Å². The van der Waals surface area contributed by atoms with Crippen LogP contribution in [0.25, 0.3) is 0 Å². The maximum Gasteiger partial charge on any atom is 0.347 e. The number of carbonyl (C=O) groups excluding carboxylic acids is 2. The van der Waals surface area contributed by atoms with Crippen molar-refractivity contribution in [1.82, 2.24) is 0 Å². The van der Waals surface area contributed by atoms with Gasteiger partial charge in [0, 0.05) is 0 Å². The van der Waals surface area contributed by atoms with E-state index in [4.69, 9.17) is 9.47 Å². The Morgan fingerprint density at radius 3 is 3.00 bits per heavy atom. The minimum Gasteiger partial charge on any atom is -0.477 e. The van der Waals surface area contributed by atoms with Crippen LogP contribution in [-0.4, -0.2) is 24.5 Å². The summed E-state index contributed by atoms with van der Waals surface area (Å²) in [6.07, 6.45) is -0.758. The smallest absolute Gasteiger partial charge is 0.347 e. The maximum absolute atomic E-state index is 11.8. The second-order valence-corrected chi connectivity index (χ2v) is 3.99. The lowest BCUT2D eigenvalue weighted by Gasteiger charge is -2.23. The molecular formula is C13H14O4. The molecule has 4 heteroatoms. The van der Waals surface area contributed by atoms with Crippen LogP contribution >= 0.6 is 0 Å². The predicted molar refractivity (Wildman–Crippen MR) is 61.2 cm³/mol. The number of hydrogen-bond acceptors (Lipinski definition) is 4. The second-order valence-electron chi connectivity index (χ2n) is 3.99. The van der Waals surface area contributed by atoms with Gasteiger partial charge in [-0.05, 0) is 31.5 Å². The van der Waals surface area contributed by atoms with Crippen LogP contribution in [0.4, 0.5) is 0 Å². The quantitative estimate of drug-likeness (QED) is 0.733. The summed E-state index contributed by atoms with van der Waals surface area (Å²) in [5.74, 6) is -0.0865. The first-order valence-corrected chi connectivity index (χ1v) is 5.59. The minimum atomic E-state index is -0.809. The molecular weight excluding hydrogens is 220 g/mol. The summed E-state index contributed by atoms with van der Waals surface area (Å²) < 4.78 is 10.4. The lowest BCUT2D eigenvalue weighted by atomic mass is 9.99. The van der Waals surface area contributed by atoms with Crippen molar-refractivity contribution in [1.29, 1.82) is 0 Å². The largest absolute Gasteiger partial charge is 0.477 e. The van der Waals surface area contributed by atoms with Gasteiger partial charge in [-0.15, -0.1) is 0 Å². The highest BCUT2D eigenvalue weighted by molar-refractivity contribution is 6.02. The van der Waals surface area contributed by atoms with E-state index in [2.05, 4.69) is 0 Å². The Hall–Kier alpha value is -1.84. The number of fused-ring (bicyclic) bond motifs is 1. The van der Waals surface area contributed by atoms with Gasteiger partial charge in [0.1, 0.15) is 5.75 Å². The highest BCUT2D eigenvalue weighted by Gasteiger charge is 2.32. The number of benzene rings is 1. The van der Waals surface area contributed by atoms with Crippen molar-refractivity contribution >= 4 is 11.8 Å². The Bertz CT molecular complexity index is 464. The number of Topliss-reactive ketones (excluding diaryl/α,β-unsaturated/α-hetero) is 1. The molecule has 1 aromatic carbocycles. The van der Waals surface area contributed by atoms with Crippen molar-refractivity contribution in [3.8, 4) is 5.75 Å². The normalized spacial score (nSPS) is 18.2. The molecule has 1 atom stereocenters. The highest BCUT2D eigenvalue weighted by Crippen LogP contribution is 2.28. The standard InChI is InChI=1S/C13H14O4/c1-3-16-13(15)12-7-10(14)9-5-4-8(2)6-11(9)17-12/h4-6,12H,3,7H2,1-2H3. The summed E-state index contributed by atoms with van der Waals surface area (Å²) >= 11 is 0. The van der Waals surface area contributed by atoms with Crippen LogP contribution in [0.1, 0.15) is 29.3 Å². The van der Waals surface area contributed by atoms with E-state index in [-0.39, 0.29) is 18.8 Å². The number of aryl methyl sites for hydroxylation is 1. The molecule has 1 aliphatic rings. The fraction of sp³-hybridized carbons (Fsp3) is 0.385. The highest BCUT2D eigenvalue weighted by atomic mass is 16.6. The Kier molecular flexibility index (Phi) is 3.13. The van der Waals surface area contributed by atoms with E-state index in [9.17, 15) is 9.59 Å². The fourth-order valence-electron chi connectivity index (χ4n) is 1.80. The van der Waals surface area contributed by atoms with Gasteiger partial charge in [0.05, 0.1) is 18.6 Å². The van der Waals surface area contributed by atoms with Gasteiger partial charge in [0.2, 0.25) is 6.10 Å². The third-order valence-corrected chi connectivity index (χ3v) is 2.63. The van der Waals surface area contributed by atoms with Gasteiger partial charge in [0.25, 0.3) is 0 Å². The van der Waals surface area contributed by atoms with Crippen LogP contribution in [0.5, 0.6) is 5.75 Å². The average molecular weight is 234 g/mol. The Labute approximate surface area is 99.5 Å². The van der Waals surface area contributed by atoms with E-state index in [1.807, 2.05) is 13.0 Å². The van der Waals surface area contributed by atoms with Crippen molar-refractivity contribution in [3.63, 3.8) is 0 Å². The molecule has 0 N–H and O–H groups in total. The number of rotatable bonds is 2. The monoisotopic (exact) mass is 234 g/mol. The van der Waals surface area contributed by atoms with Crippen molar-refractivity contribution < 1.29 is 19.1 Å². The molecule has 0 saturated heterocycles. The van der Waals surface area contributed by atoms with Crippen LogP contribution in [0.15, 0.2) is 18.2 Å². The molecule has 0 spiro atoms. The molecule has 17 heavy (non-hydrogen) atoms. The van der Waals surface area contributed by atoms with Crippen molar-refractivity contribution in [2.45, 2.75) is 26.4 Å². The SMILES string of the molecule is CCOC(=O)C1CC(=O)c2ccc(C)cc2O1. The van der Waals surface area contributed by atoms with Crippen molar-refractivity contribution in [3.05, 3.63) is 29.3 Å². The molecule has 0 fully saturated rings. The Balaban J connectivity index is 2.26. The minimum absolute atomic E-state index is 0.0505. The molecule has 1 aliphatic heterocycles. The fourth-order valence-corrected chi connectivity index (χ4v) is 1.80. The van der Waals surface area contributed by atoms with E-state index >= 15 is 0 Å². The van der Waals surface area contributed by atoms with Gasteiger partial charge in [0.15, 0.2) is 5.78 Å². The lowest BCUT2D eigenvalue weighted by molar-refractivity contribution is -0.151. The van der Waals surface area contributed by atoms with E-state index in [0.717, 1.165) is 5.56 Å². The molecule has 0 bridgehead atoms. The van der Waals surface area contributed by atoms with Crippen LogP contribution < -0.4 is 4.74 Å². The molecule has 1 heterocycles. The van der Waals surface area contributed by atoms with Gasteiger partial charge in [-0.2, -0.15) is 0 Å². The summed E-state index contributed by atoms with van der Waals surface area (Å²) in [5.41, 5.74) is 1.53. The number of hydrogen-bond donors (Lipinski definition) is 0. The Morgan fingerprint density at radius 1 is 1.53 bits per heavy atom. The lowest BCUT2D eigenvalue weighted by Crippen LogP contribution is -2.35. The first-order valence-electron chi connectivity index (χ1n) is 5.59. The van der Waals surface area contributed by atoms with Gasteiger partial charge < -0.3 is 9.47 Å². The number of carbonyl (C=O) groups is 2. The molecule has 0 aromatic heterocycles. The summed E-state index contributed by atoms with van der Waals surface area (Å²) in [7, 11) is 0. The topological polar surface area (TPSA) is 52.6 Å². The first-order chi connectivity index (χ1) is 8.11. The zero-order chi connectivity index (χ0) is 12.4. The molecule has 0 amide bonds. The summed E-state index contributed by atoms with van der Waals surface area (Å²) in [5, 5.41) is 0. The number of ketones is 1. The van der Waals surface area contributed by atoms with E-state index in [0.29, 0.717) is 11.3 Å². The van der Waals surface area contributed by atoms with Crippen LogP contribution in [0, 0.1) is 6.92 Å². The third kappa shape index (κ3) is 2.30. The van der Waals surface area contributed by atoms with Gasteiger partial charge in [-0.1, -0.05) is 6.07 Å². The maximum atomic E-state index is 11.8. The molecule has 0 saturated carbocycles. The summed E-state index contributed by atoms with van der Waals surface area (Å²) in [6, 6.07) is 5.35. The van der Waals surface area contributed by atoms with Crippen molar-refractivity contribution in [2.75, 3.05) is 6.61 Å². The molecule has 2 rings (SSSR count). The predicted octanol–water partition coefficient (Wildman–Crippen LogP) is 1.89. The molecule has 0 aliphatic carbocycles. The summed E-state index contributed by atoms with van der Waals surface area (Å²) in [6.45, 7) is 3.91. The summed E-state index contributed by atoms with van der Waals surface area (Å²) in [4.78, 5) is 23.4. The second kappa shape index (κ2) is 4.57. The Morgan fingerprint density at radius 2 is 2.29 bits per heavy atom. The molecule has 1 unspecified atom stereocenters. The van der Waals surface area contributed by atoms with Crippen LogP contribution in [0.2, 0.25) is 0 Å². The first kappa shape index (κ1) is 11.6.